The summed E-state index contributed by atoms with van der Waals surface area (Å²) in [6.45, 7) is 4.77. The molecule has 0 aliphatic carbocycles. The molecule has 5 heteroatoms. The number of imidazole rings is 1. The first kappa shape index (κ1) is 17.7. The van der Waals surface area contributed by atoms with Gasteiger partial charge < -0.3 is 14.6 Å². The summed E-state index contributed by atoms with van der Waals surface area (Å²) in [6, 6.07) is 15.8. The van der Waals surface area contributed by atoms with E-state index in [1.165, 1.54) is 5.56 Å². The number of carbonyl (C=O) groups is 1. The maximum atomic E-state index is 12.0. The van der Waals surface area contributed by atoms with Crippen LogP contribution in [0.5, 0.6) is 5.75 Å². The fourth-order valence-electron chi connectivity index (χ4n) is 2.55. The van der Waals surface area contributed by atoms with Crippen LogP contribution in [0.3, 0.4) is 0 Å². The van der Waals surface area contributed by atoms with E-state index < -0.39 is 0 Å². The van der Waals surface area contributed by atoms with Gasteiger partial charge in [0.15, 0.2) is 6.61 Å². The van der Waals surface area contributed by atoms with Gasteiger partial charge in [0.1, 0.15) is 5.75 Å². The zero-order valence-electron chi connectivity index (χ0n) is 15.1. The number of benzene rings is 2. The summed E-state index contributed by atoms with van der Waals surface area (Å²) in [6.07, 6.45) is 5.38. The van der Waals surface area contributed by atoms with Gasteiger partial charge in [0.2, 0.25) is 0 Å². The Morgan fingerprint density at radius 1 is 1.12 bits per heavy atom. The molecule has 0 saturated heterocycles. The molecule has 0 spiro atoms. The zero-order chi connectivity index (χ0) is 18.4. The molecule has 0 aliphatic heterocycles. The molecule has 0 fully saturated rings. The molecule has 2 aromatic carbocycles. The predicted octanol–water partition coefficient (Wildman–Crippen LogP) is 3.69. The van der Waals surface area contributed by atoms with Crippen molar-refractivity contribution in [1.82, 2.24) is 14.9 Å². The lowest BCUT2D eigenvalue weighted by Crippen LogP contribution is -2.28. The molecular weight excluding hydrogens is 326 g/mol. The topological polar surface area (TPSA) is 56.1 Å². The Labute approximate surface area is 153 Å². The summed E-state index contributed by atoms with van der Waals surface area (Å²) < 4.78 is 7.47. The van der Waals surface area contributed by atoms with Crippen molar-refractivity contribution in [2.75, 3.05) is 6.61 Å². The second-order valence-electron chi connectivity index (χ2n) is 6.43. The Kier molecular flexibility index (Phi) is 5.69. The Hall–Kier alpha value is -3.08. The van der Waals surface area contributed by atoms with Gasteiger partial charge in [0.25, 0.3) is 5.91 Å². The highest BCUT2D eigenvalue weighted by Crippen LogP contribution is 2.18. The number of amides is 1. The number of hydrogen-bond donors (Lipinski definition) is 1. The first-order valence-corrected chi connectivity index (χ1v) is 8.68. The number of rotatable bonds is 7. The second kappa shape index (κ2) is 8.34. The molecule has 5 nitrogen and oxygen atoms in total. The first-order valence-electron chi connectivity index (χ1n) is 8.68. The van der Waals surface area contributed by atoms with E-state index in [1.807, 2.05) is 59.3 Å². The standard InChI is InChI=1S/C21H23N3O2/c1-16(2)18-5-9-20(10-6-18)26-14-21(25)23-13-17-3-7-19(8-4-17)24-12-11-22-15-24/h3-12,15-16H,13-14H2,1-2H3,(H,23,25). The van der Waals surface area contributed by atoms with E-state index in [-0.39, 0.29) is 12.5 Å². The zero-order valence-corrected chi connectivity index (χ0v) is 15.1. The Morgan fingerprint density at radius 2 is 1.85 bits per heavy atom. The molecule has 0 atom stereocenters. The number of hydrogen-bond acceptors (Lipinski definition) is 3. The average Bonchev–Trinajstić information content (AvgIpc) is 3.20. The smallest absolute Gasteiger partial charge is 0.258 e. The van der Waals surface area contributed by atoms with Gasteiger partial charge in [-0.25, -0.2) is 4.98 Å². The van der Waals surface area contributed by atoms with Crippen LogP contribution in [-0.4, -0.2) is 22.1 Å². The van der Waals surface area contributed by atoms with E-state index in [4.69, 9.17) is 4.74 Å². The molecule has 3 rings (SSSR count). The van der Waals surface area contributed by atoms with Crippen molar-refractivity contribution in [2.45, 2.75) is 26.3 Å². The molecule has 26 heavy (non-hydrogen) atoms. The van der Waals surface area contributed by atoms with Crippen LogP contribution in [0.25, 0.3) is 5.69 Å². The van der Waals surface area contributed by atoms with E-state index in [1.54, 1.807) is 12.5 Å². The molecule has 1 N–H and O–H groups in total. The SMILES string of the molecule is CC(C)c1ccc(OCC(=O)NCc2ccc(-n3ccnc3)cc2)cc1. The second-order valence-corrected chi connectivity index (χ2v) is 6.43. The summed E-state index contributed by atoms with van der Waals surface area (Å²) in [5, 5.41) is 2.87. The maximum Gasteiger partial charge on any atom is 0.258 e. The van der Waals surface area contributed by atoms with E-state index in [9.17, 15) is 4.79 Å². The molecule has 0 unspecified atom stereocenters. The highest BCUT2D eigenvalue weighted by atomic mass is 16.5. The average molecular weight is 349 g/mol. The van der Waals surface area contributed by atoms with Crippen LogP contribution >= 0.6 is 0 Å². The number of nitrogens with one attached hydrogen (secondary N) is 1. The lowest BCUT2D eigenvalue weighted by molar-refractivity contribution is -0.123. The minimum absolute atomic E-state index is 0.00808. The van der Waals surface area contributed by atoms with Gasteiger partial charge in [-0.3, -0.25) is 4.79 Å². The van der Waals surface area contributed by atoms with Crippen LogP contribution in [0.1, 0.15) is 30.9 Å². The molecule has 0 saturated carbocycles. The molecule has 3 aromatic rings. The van der Waals surface area contributed by atoms with E-state index >= 15 is 0 Å². The third kappa shape index (κ3) is 4.72. The minimum atomic E-state index is -0.142. The summed E-state index contributed by atoms with van der Waals surface area (Å²) >= 11 is 0. The van der Waals surface area contributed by atoms with Crippen molar-refractivity contribution in [3.05, 3.63) is 78.4 Å². The summed E-state index contributed by atoms with van der Waals surface area (Å²) in [7, 11) is 0. The molecule has 1 aromatic heterocycles. The van der Waals surface area contributed by atoms with Gasteiger partial charge in [-0.1, -0.05) is 38.1 Å². The van der Waals surface area contributed by atoms with E-state index in [2.05, 4.69) is 24.1 Å². The van der Waals surface area contributed by atoms with Crippen LogP contribution < -0.4 is 10.1 Å². The molecule has 0 aliphatic rings. The van der Waals surface area contributed by atoms with Crippen LogP contribution in [0.15, 0.2) is 67.3 Å². The highest BCUT2D eigenvalue weighted by Gasteiger charge is 2.04. The molecule has 1 amide bonds. The molecular formula is C21H23N3O2. The third-order valence-corrected chi connectivity index (χ3v) is 4.15. The lowest BCUT2D eigenvalue weighted by atomic mass is 10.0. The Bertz CT molecular complexity index is 823. The monoisotopic (exact) mass is 349 g/mol. The number of ether oxygens (including phenoxy) is 1. The van der Waals surface area contributed by atoms with Gasteiger partial charge in [0, 0.05) is 24.6 Å². The Balaban J connectivity index is 1.45. The van der Waals surface area contributed by atoms with Crippen molar-refractivity contribution < 1.29 is 9.53 Å². The minimum Gasteiger partial charge on any atom is -0.484 e. The van der Waals surface area contributed by atoms with Gasteiger partial charge in [-0.2, -0.15) is 0 Å². The summed E-state index contributed by atoms with van der Waals surface area (Å²) in [5.41, 5.74) is 3.31. The quantitative estimate of drug-likeness (QED) is 0.708. The van der Waals surface area contributed by atoms with Gasteiger partial charge >= 0.3 is 0 Å². The molecule has 1 heterocycles. The van der Waals surface area contributed by atoms with Crippen molar-refractivity contribution in [3.8, 4) is 11.4 Å². The lowest BCUT2D eigenvalue weighted by Gasteiger charge is -2.10. The number of aromatic nitrogens is 2. The first-order chi connectivity index (χ1) is 12.6. The van der Waals surface area contributed by atoms with Crippen molar-refractivity contribution in [1.29, 1.82) is 0 Å². The van der Waals surface area contributed by atoms with Crippen LogP contribution in [-0.2, 0) is 11.3 Å². The Morgan fingerprint density at radius 3 is 2.46 bits per heavy atom. The molecule has 134 valence electrons. The third-order valence-electron chi connectivity index (χ3n) is 4.15. The van der Waals surface area contributed by atoms with E-state index in [0.29, 0.717) is 18.2 Å². The fraction of sp³-hybridized carbons (Fsp3) is 0.238. The largest absolute Gasteiger partial charge is 0.484 e. The van der Waals surface area contributed by atoms with Gasteiger partial charge in [0.05, 0.1) is 6.33 Å². The number of carbonyl (C=O) groups excluding carboxylic acids is 1. The molecule has 0 radical (unpaired) electrons. The molecule has 0 bridgehead atoms. The van der Waals surface area contributed by atoms with Crippen LogP contribution in [0.2, 0.25) is 0 Å². The number of nitrogens with zero attached hydrogens (tertiary/aromatic N) is 2. The van der Waals surface area contributed by atoms with Crippen LogP contribution in [0, 0.1) is 0 Å². The van der Waals surface area contributed by atoms with Crippen molar-refractivity contribution in [2.24, 2.45) is 0 Å². The van der Waals surface area contributed by atoms with Crippen LogP contribution in [0.4, 0.5) is 0 Å². The maximum absolute atomic E-state index is 12.0. The summed E-state index contributed by atoms with van der Waals surface area (Å²) in [5.74, 6) is 1.04. The predicted molar refractivity (Wildman–Crippen MR) is 101 cm³/mol. The van der Waals surface area contributed by atoms with Crippen molar-refractivity contribution in [3.63, 3.8) is 0 Å². The van der Waals surface area contributed by atoms with Gasteiger partial charge in [-0.05, 0) is 41.3 Å². The normalized spacial score (nSPS) is 10.7. The van der Waals surface area contributed by atoms with Gasteiger partial charge in [-0.15, -0.1) is 0 Å². The summed E-state index contributed by atoms with van der Waals surface area (Å²) in [4.78, 5) is 16.0. The highest BCUT2D eigenvalue weighted by molar-refractivity contribution is 5.77. The fourth-order valence-corrected chi connectivity index (χ4v) is 2.55. The van der Waals surface area contributed by atoms with Crippen molar-refractivity contribution >= 4 is 5.91 Å². The van der Waals surface area contributed by atoms with E-state index in [0.717, 1.165) is 11.3 Å².